The van der Waals surface area contributed by atoms with Gasteiger partial charge >= 0.3 is 6.09 Å². The first-order valence-corrected chi connectivity index (χ1v) is 6.45. The first kappa shape index (κ1) is 16.0. The van der Waals surface area contributed by atoms with Crippen molar-refractivity contribution in [3.63, 3.8) is 0 Å². The van der Waals surface area contributed by atoms with Gasteiger partial charge in [-0.25, -0.2) is 4.79 Å². The van der Waals surface area contributed by atoms with Gasteiger partial charge in [-0.05, 0) is 32.9 Å². The second-order valence-corrected chi connectivity index (χ2v) is 5.29. The number of rotatable bonds is 5. The van der Waals surface area contributed by atoms with Crippen molar-refractivity contribution >= 4 is 18.1 Å². The third kappa shape index (κ3) is 4.91. The zero-order chi connectivity index (χ0) is 15.2. The lowest BCUT2D eigenvalue weighted by atomic mass is 10.2. The van der Waals surface area contributed by atoms with Crippen LogP contribution < -0.4 is 9.64 Å². The van der Waals surface area contributed by atoms with Crippen LogP contribution in [0.5, 0.6) is 5.75 Å². The molecule has 0 spiro atoms. The van der Waals surface area contributed by atoms with E-state index in [1.807, 2.05) is 0 Å². The maximum Gasteiger partial charge on any atom is 0.414 e. The van der Waals surface area contributed by atoms with Crippen LogP contribution in [0.15, 0.2) is 24.3 Å². The molecule has 5 nitrogen and oxygen atoms in total. The topological polar surface area (TPSA) is 55.8 Å². The Balaban J connectivity index is 2.98. The second-order valence-electron chi connectivity index (χ2n) is 5.29. The Morgan fingerprint density at radius 1 is 1.35 bits per heavy atom. The number of benzene rings is 1. The van der Waals surface area contributed by atoms with E-state index >= 15 is 0 Å². The number of ether oxygens (including phenoxy) is 2. The lowest BCUT2D eigenvalue weighted by molar-refractivity contribution is -0.107. The van der Waals surface area contributed by atoms with Crippen molar-refractivity contribution in [3.05, 3.63) is 24.3 Å². The average Bonchev–Trinajstić information content (AvgIpc) is 2.37. The molecule has 0 heterocycles. The van der Waals surface area contributed by atoms with E-state index in [2.05, 4.69) is 0 Å². The number of nitrogens with zero attached hydrogens (tertiary/aromatic N) is 1. The molecule has 1 aromatic rings. The van der Waals surface area contributed by atoms with Crippen molar-refractivity contribution in [1.82, 2.24) is 0 Å². The molecule has 0 bridgehead atoms. The molecule has 0 aliphatic heterocycles. The monoisotopic (exact) mass is 279 g/mol. The fourth-order valence-electron chi connectivity index (χ4n) is 1.60. The zero-order valence-corrected chi connectivity index (χ0v) is 12.4. The van der Waals surface area contributed by atoms with Gasteiger partial charge in [-0.3, -0.25) is 4.90 Å². The first-order chi connectivity index (χ1) is 9.37. The van der Waals surface area contributed by atoms with Crippen LogP contribution in [0.4, 0.5) is 10.5 Å². The molecule has 20 heavy (non-hydrogen) atoms. The molecule has 0 unspecified atom stereocenters. The van der Waals surface area contributed by atoms with Gasteiger partial charge in [0.2, 0.25) is 0 Å². The molecule has 1 aromatic carbocycles. The predicted octanol–water partition coefficient (Wildman–Crippen LogP) is 3.03. The molecular formula is C15H21NO4. The maximum absolute atomic E-state index is 12.2. The van der Waals surface area contributed by atoms with E-state index in [0.717, 1.165) is 6.29 Å². The summed E-state index contributed by atoms with van der Waals surface area (Å²) in [6, 6.07) is 7.08. The van der Waals surface area contributed by atoms with E-state index in [1.54, 1.807) is 52.1 Å². The van der Waals surface area contributed by atoms with Gasteiger partial charge in [0.25, 0.3) is 0 Å². The summed E-state index contributed by atoms with van der Waals surface area (Å²) >= 11 is 0. The molecule has 0 atom stereocenters. The molecule has 110 valence electrons. The first-order valence-electron chi connectivity index (χ1n) is 6.45. The lowest BCUT2D eigenvalue weighted by Crippen LogP contribution is -2.37. The number of methoxy groups -OCH3 is 1. The summed E-state index contributed by atoms with van der Waals surface area (Å²) in [4.78, 5) is 24.2. The molecule has 0 aliphatic rings. The Morgan fingerprint density at radius 3 is 2.60 bits per heavy atom. The van der Waals surface area contributed by atoms with Gasteiger partial charge in [-0.1, -0.05) is 6.07 Å². The Kier molecular flexibility index (Phi) is 5.55. The minimum absolute atomic E-state index is 0.246. The van der Waals surface area contributed by atoms with E-state index in [9.17, 15) is 9.59 Å². The molecule has 0 radical (unpaired) electrons. The van der Waals surface area contributed by atoms with Crippen LogP contribution in [0.25, 0.3) is 0 Å². The molecule has 1 amide bonds. The Labute approximate surface area is 119 Å². The molecule has 1 rings (SSSR count). The second kappa shape index (κ2) is 6.93. The van der Waals surface area contributed by atoms with Crippen molar-refractivity contribution < 1.29 is 19.1 Å². The summed E-state index contributed by atoms with van der Waals surface area (Å²) in [7, 11) is 1.56. The van der Waals surface area contributed by atoms with Crippen LogP contribution in [-0.2, 0) is 9.53 Å². The van der Waals surface area contributed by atoms with Crippen molar-refractivity contribution in [3.8, 4) is 5.75 Å². The van der Waals surface area contributed by atoms with Crippen molar-refractivity contribution in [1.29, 1.82) is 0 Å². The molecule has 0 aromatic heterocycles. The van der Waals surface area contributed by atoms with Gasteiger partial charge in [0.15, 0.2) is 0 Å². The lowest BCUT2D eigenvalue weighted by Gasteiger charge is -2.27. The maximum atomic E-state index is 12.2. The van der Waals surface area contributed by atoms with E-state index in [0.29, 0.717) is 11.4 Å². The van der Waals surface area contributed by atoms with Gasteiger partial charge in [0.1, 0.15) is 17.6 Å². The van der Waals surface area contributed by atoms with Crippen LogP contribution in [0.1, 0.15) is 27.2 Å². The quantitative estimate of drug-likeness (QED) is 0.777. The Bertz CT molecular complexity index is 465. The van der Waals surface area contributed by atoms with E-state index < -0.39 is 11.7 Å². The summed E-state index contributed by atoms with van der Waals surface area (Å²) in [6.45, 7) is 5.67. The van der Waals surface area contributed by atoms with Crippen molar-refractivity contribution in [2.75, 3.05) is 18.6 Å². The molecular weight excluding hydrogens is 258 g/mol. The molecule has 0 fully saturated rings. The predicted molar refractivity (Wildman–Crippen MR) is 77.3 cm³/mol. The van der Waals surface area contributed by atoms with Crippen LogP contribution in [0.3, 0.4) is 0 Å². The highest BCUT2D eigenvalue weighted by Gasteiger charge is 2.23. The van der Waals surface area contributed by atoms with E-state index in [1.165, 1.54) is 4.90 Å². The van der Waals surface area contributed by atoms with E-state index in [-0.39, 0.29) is 13.0 Å². The van der Waals surface area contributed by atoms with Crippen LogP contribution in [0, 0.1) is 0 Å². The summed E-state index contributed by atoms with van der Waals surface area (Å²) < 4.78 is 10.5. The van der Waals surface area contributed by atoms with Crippen LogP contribution >= 0.6 is 0 Å². The van der Waals surface area contributed by atoms with Crippen molar-refractivity contribution in [2.45, 2.75) is 32.8 Å². The highest BCUT2D eigenvalue weighted by Crippen LogP contribution is 2.23. The number of carbonyl (C=O) groups is 2. The highest BCUT2D eigenvalue weighted by molar-refractivity contribution is 5.88. The third-order valence-corrected chi connectivity index (χ3v) is 2.45. The standard InChI is InChI=1S/C15H21NO4/c1-15(2,3)20-14(18)16(9-6-10-17)12-7-5-8-13(11-12)19-4/h5,7-8,10-11H,6,9H2,1-4H3. The summed E-state index contributed by atoms with van der Waals surface area (Å²) in [5, 5.41) is 0. The normalized spacial score (nSPS) is 10.8. The molecule has 5 heteroatoms. The van der Waals surface area contributed by atoms with Crippen LogP contribution in [-0.4, -0.2) is 31.6 Å². The van der Waals surface area contributed by atoms with Gasteiger partial charge in [-0.2, -0.15) is 0 Å². The summed E-state index contributed by atoms with van der Waals surface area (Å²) in [5.74, 6) is 0.641. The molecule has 0 aliphatic carbocycles. The number of amides is 1. The number of carbonyl (C=O) groups excluding carboxylic acids is 2. The minimum Gasteiger partial charge on any atom is -0.497 e. The Morgan fingerprint density at radius 2 is 2.05 bits per heavy atom. The van der Waals surface area contributed by atoms with Crippen LogP contribution in [0.2, 0.25) is 0 Å². The Hall–Kier alpha value is -2.04. The SMILES string of the molecule is COc1cccc(N(CCC=O)C(=O)OC(C)(C)C)c1. The largest absolute Gasteiger partial charge is 0.497 e. The smallest absolute Gasteiger partial charge is 0.414 e. The number of hydrogen-bond acceptors (Lipinski definition) is 4. The number of hydrogen-bond donors (Lipinski definition) is 0. The number of anilines is 1. The van der Waals surface area contributed by atoms with E-state index in [4.69, 9.17) is 9.47 Å². The fraction of sp³-hybridized carbons (Fsp3) is 0.467. The van der Waals surface area contributed by atoms with Gasteiger partial charge in [-0.15, -0.1) is 0 Å². The molecule has 0 saturated carbocycles. The minimum atomic E-state index is -0.588. The third-order valence-electron chi connectivity index (χ3n) is 2.45. The van der Waals surface area contributed by atoms with Crippen molar-refractivity contribution in [2.24, 2.45) is 0 Å². The highest BCUT2D eigenvalue weighted by atomic mass is 16.6. The van der Waals surface area contributed by atoms with Gasteiger partial charge in [0, 0.05) is 19.0 Å². The molecule has 0 saturated heterocycles. The zero-order valence-electron chi connectivity index (χ0n) is 12.4. The van der Waals surface area contributed by atoms with Gasteiger partial charge < -0.3 is 14.3 Å². The number of aldehydes is 1. The van der Waals surface area contributed by atoms with Gasteiger partial charge in [0.05, 0.1) is 12.8 Å². The molecule has 0 N–H and O–H groups in total. The summed E-state index contributed by atoms with van der Waals surface area (Å²) in [5.41, 5.74) is 0.0514. The fourth-order valence-corrected chi connectivity index (χ4v) is 1.60. The summed E-state index contributed by atoms with van der Waals surface area (Å²) in [6.07, 6.45) is 0.543. The average molecular weight is 279 g/mol.